The average molecular weight is 278 g/mol. The maximum absolute atomic E-state index is 14.0. The van der Waals surface area contributed by atoms with E-state index in [2.05, 4.69) is 5.43 Å². The Labute approximate surface area is 110 Å². The number of nitrogens with one attached hydrogen (secondary N) is 1. The van der Waals surface area contributed by atoms with Crippen LogP contribution in [0.3, 0.4) is 0 Å². The summed E-state index contributed by atoms with van der Waals surface area (Å²) in [5.74, 6) is 4.12. The van der Waals surface area contributed by atoms with E-state index in [1.54, 1.807) is 0 Å². The minimum atomic E-state index is -4.70. The zero-order chi connectivity index (χ0) is 14.6. The Kier molecular flexibility index (Phi) is 5.31. The number of rotatable bonds is 5. The van der Waals surface area contributed by atoms with Crippen LogP contribution < -0.4 is 11.3 Å². The van der Waals surface area contributed by atoms with Gasteiger partial charge in [-0.15, -0.1) is 0 Å². The Morgan fingerprint density at radius 2 is 1.79 bits per heavy atom. The molecule has 6 heteroatoms. The molecule has 1 aromatic rings. The molecule has 2 nitrogen and oxygen atoms in total. The molecule has 1 unspecified atom stereocenters. The van der Waals surface area contributed by atoms with Gasteiger partial charge in [0.05, 0.1) is 11.6 Å². The van der Waals surface area contributed by atoms with Gasteiger partial charge in [0.1, 0.15) is 5.82 Å². The van der Waals surface area contributed by atoms with Crippen molar-refractivity contribution in [3.05, 3.63) is 35.1 Å². The van der Waals surface area contributed by atoms with Gasteiger partial charge in [0.15, 0.2) is 0 Å². The fraction of sp³-hybridized carbons (Fsp3) is 0.538. The van der Waals surface area contributed by atoms with E-state index >= 15 is 0 Å². The van der Waals surface area contributed by atoms with Gasteiger partial charge in [0.25, 0.3) is 0 Å². The van der Waals surface area contributed by atoms with Gasteiger partial charge in [-0.25, -0.2) is 4.39 Å². The Bertz CT molecular complexity index is 414. The van der Waals surface area contributed by atoms with E-state index in [1.807, 2.05) is 13.8 Å². The molecule has 0 aliphatic heterocycles. The summed E-state index contributed by atoms with van der Waals surface area (Å²) < 4.78 is 52.0. The molecule has 0 aromatic heterocycles. The number of benzene rings is 1. The predicted octanol–water partition coefficient (Wildman–Crippen LogP) is 3.79. The van der Waals surface area contributed by atoms with Gasteiger partial charge in [-0.05, 0) is 12.0 Å². The number of hydrazine groups is 1. The molecule has 0 aliphatic carbocycles. The second-order valence-electron chi connectivity index (χ2n) is 4.43. The first-order valence-corrected chi connectivity index (χ1v) is 6.18. The predicted molar refractivity (Wildman–Crippen MR) is 65.5 cm³/mol. The van der Waals surface area contributed by atoms with E-state index < -0.39 is 23.6 Å². The van der Waals surface area contributed by atoms with E-state index in [1.165, 1.54) is 12.1 Å². The molecular formula is C13H18F4N2. The highest BCUT2D eigenvalue weighted by molar-refractivity contribution is 5.30. The molecule has 0 aliphatic rings. The zero-order valence-corrected chi connectivity index (χ0v) is 10.9. The molecule has 0 fully saturated rings. The van der Waals surface area contributed by atoms with Crippen LogP contribution in [0.25, 0.3) is 0 Å². The first-order valence-electron chi connectivity index (χ1n) is 6.18. The summed E-state index contributed by atoms with van der Waals surface area (Å²) in [5.41, 5.74) is 1.14. The second-order valence-corrected chi connectivity index (χ2v) is 4.43. The van der Waals surface area contributed by atoms with Crippen LogP contribution in [0.5, 0.6) is 0 Å². The molecule has 108 valence electrons. The zero-order valence-electron chi connectivity index (χ0n) is 10.9. The third kappa shape index (κ3) is 3.45. The van der Waals surface area contributed by atoms with Crippen molar-refractivity contribution < 1.29 is 17.6 Å². The summed E-state index contributed by atoms with van der Waals surface area (Å²) in [6, 6.07) is 2.65. The van der Waals surface area contributed by atoms with Crippen LogP contribution in [0.15, 0.2) is 18.2 Å². The van der Waals surface area contributed by atoms with Crippen molar-refractivity contribution in [2.45, 2.75) is 38.9 Å². The third-order valence-corrected chi connectivity index (χ3v) is 3.37. The smallest absolute Gasteiger partial charge is 0.271 e. The number of hydrogen-bond acceptors (Lipinski definition) is 2. The van der Waals surface area contributed by atoms with Crippen molar-refractivity contribution in [2.24, 2.45) is 11.8 Å². The molecule has 0 saturated carbocycles. The third-order valence-electron chi connectivity index (χ3n) is 3.37. The summed E-state index contributed by atoms with van der Waals surface area (Å²) in [5, 5.41) is 0. The van der Waals surface area contributed by atoms with E-state index in [-0.39, 0.29) is 11.5 Å². The van der Waals surface area contributed by atoms with Gasteiger partial charge >= 0.3 is 6.18 Å². The SMILES string of the molecule is CCC(CC)C(NN)c1cccc(C(F)(F)F)c1F. The molecule has 0 spiro atoms. The van der Waals surface area contributed by atoms with Gasteiger partial charge < -0.3 is 0 Å². The van der Waals surface area contributed by atoms with Crippen LogP contribution in [-0.2, 0) is 6.18 Å². The van der Waals surface area contributed by atoms with Crippen molar-refractivity contribution in [1.29, 1.82) is 0 Å². The van der Waals surface area contributed by atoms with Crippen LogP contribution in [0.2, 0.25) is 0 Å². The highest BCUT2D eigenvalue weighted by atomic mass is 19.4. The van der Waals surface area contributed by atoms with Gasteiger partial charge in [-0.1, -0.05) is 38.8 Å². The molecule has 1 atom stereocenters. The molecule has 1 aromatic carbocycles. The van der Waals surface area contributed by atoms with Crippen molar-refractivity contribution in [3.8, 4) is 0 Å². The van der Waals surface area contributed by atoms with Crippen LogP contribution >= 0.6 is 0 Å². The van der Waals surface area contributed by atoms with E-state index in [0.29, 0.717) is 12.8 Å². The summed E-state index contributed by atoms with van der Waals surface area (Å²) in [4.78, 5) is 0. The summed E-state index contributed by atoms with van der Waals surface area (Å²) in [7, 11) is 0. The summed E-state index contributed by atoms with van der Waals surface area (Å²) >= 11 is 0. The quantitative estimate of drug-likeness (QED) is 0.488. The lowest BCUT2D eigenvalue weighted by Crippen LogP contribution is -2.34. The molecule has 0 saturated heterocycles. The van der Waals surface area contributed by atoms with Gasteiger partial charge in [-0.3, -0.25) is 11.3 Å². The number of alkyl halides is 3. The lowest BCUT2D eigenvalue weighted by molar-refractivity contribution is -0.140. The maximum atomic E-state index is 14.0. The Balaban J connectivity index is 3.26. The standard InChI is InChI=1S/C13H18F4N2/c1-3-8(4-2)12(19-18)9-6-5-7-10(11(9)14)13(15,16)17/h5-8,12,19H,3-4,18H2,1-2H3. The van der Waals surface area contributed by atoms with Crippen LogP contribution in [0.1, 0.15) is 43.9 Å². The fourth-order valence-electron chi connectivity index (χ4n) is 2.25. The van der Waals surface area contributed by atoms with Crippen molar-refractivity contribution in [2.75, 3.05) is 0 Å². The number of halogens is 4. The molecule has 0 radical (unpaired) electrons. The largest absolute Gasteiger partial charge is 0.419 e. The lowest BCUT2D eigenvalue weighted by Gasteiger charge is -2.26. The van der Waals surface area contributed by atoms with Crippen molar-refractivity contribution in [3.63, 3.8) is 0 Å². The van der Waals surface area contributed by atoms with Crippen LogP contribution in [0, 0.1) is 11.7 Å². The minimum Gasteiger partial charge on any atom is -0.271 e. The fourth-order valence-corrected chi connectivity index (χ4v) is 2.25. The molecule has 3 N–H and O–H groups in total. The average Bonchev–Trinajstić information content (AvgIpc) is 2.35. The first-order chi connectivity index (χ1) is 8.86. The van der Waals surface area contributed by atoms with E-state index in [4.69, 9.17) is 5.84 Å². The molecule has 0 bridgehead atoms. The Hall–Kier alpha value is -1.14. The highest BCUT2D eigenvalue weighted by Gasteiger charge is 2.36. The van der Waals surface area contributed by atoms with E-state index in [9.17, 15) is 17.6 Å². The summed E-state index contributed by atoms with van der Waals surface area (Å²) in [6.07, 6.45) is -3.31. The number of hydrogen-bond donors (Lipinski definition) is 2. The number of nitrogens with two attached hydrogens (primary N) is 1. The highest BCUT2D eigenvalue weighted by Crippen LogP contribution is 2.36. The van der Waals surface area contributed by atoms with Gasteiger partial charge in [0.2, 0.25) is 0 Å². The molecular weight excluding hydrogens is 260 g/mol. The Morgan fingerprint density at radius 1 is 1.21 bits per heavy atom. The van der Waals surface area contributed by atoms with Gasteiger partial charge in [0, 0.05) is 5.56 Å². The molecule has 0 heterocycles. The van der Waals surface area contributed by atoms with Crippen molar-refractivity contribution in [1.82, 2.24) is 5.43 Å². The van der Waals surface area contributed by atoms with Crippen molar-refractivity contribution >= 4 is 0 Å². The van der Waals surface area contributed by atoms with E-state index in [0.717, 1.165) is 6.07 Å². The minimum absolute atomic E-state index is 0.0250. The maximum Gasteiger partial charge on any atom is 0.419 e. The van der Waals surface area contributed by atoms with Crippen LogP contribution in [0.4, 0.5) is 17.6 Å². The Morgan fingerprint density at radius 3 is 2.21 bits per heavy atom. The molecule has 1 rings (SSSR count). The second kappa shape index (κ2) is 6.34. The topological polar surface area (TPSA) is 38.0 Å². The molecule has 0 amide bonds. The lowest BCUT2D eigenvalue weighted by atomic mass is 9.88. The van der Waals surface area contributed by atoms with Gasteiger partial charge in [-0.2, -0.15) is 13.2 Å². The monoisotopic (exact) mass is 278 g/mol. The normalized spacial score (nSPS) is 13.9. The van der Waals surface area contributed by atoms with Crippen LogP contribution in [-0.4, -0.2) is 0 Å². The summed E-state index contributed by atoms with van der Waals surface area (Å²) in [6.45, 7) is 3.79. The first kappa shape index (κ1) is 15.9. The molecule has 19 heavy (non-hydrogen) atoms.